The Morgan fingerprint density at radius 2 is 2.03 bits per heavy atom. The minimum atomic E-state index is -4.56. The third kappa shape index (κ3) is 5.25. The van der Waals surface area contributed by atoms with Crippen LogP contribution in [0.1, 0.15) is 53.5 Å². The number of nitrogens with zero attached hydrogens (tertiary/aromatic N) is 4. The molecule has 2 N–H and O–H groups in total. The Morgan fingerprint density at radius 3 is 2.72 bits per heavy atom. The van der Waals surface area contributed by atoms with Gasteiger partial charge in [-0.05, 0) is 61.6 Å². The molecular formula is C28H30F3N5O2S. The van der Waals surface area contributed by atoms with Crippen LogP contribution in [-0.4, -0.2) is 52.3 Å². The van der Waals surface area contributed by atoms with Gasteiger partial charge in [-0.3, -0.25) is 4.79 Å². The SMILES string of the molecule is COc1cccc(-c2nc(-n3nc(C(=O)N4CCCC(CN)C4)c4cc(C(F)(F)F)ccc43)sc2C(C)C)c1. The zero-order valence-electron chi connectivity index (χ0n) is 22.0. The molecular weight excluding hydrogens is 527 g/mol. The second kappa shape index (κ2) is 10.6. The van der Waals surface area contributed by atoms with Crippen molar-refractivity contribution in [2.24, 2.45) is 11.7 Å². The van der Waals surface area contributed by atoms with Crippen molar-refractivity contribution in [3.63, 3.8) is 0 Å². The summed E-state index contributed by atoms with van der Waals surface area (Å²) in [6, 6.07) is 10.9. The quantitative estimate of drug-likeness (QED) is 0.309. The predicted octanol–water partition coefficient (Wildman–Crippen LogP) is 6.11. The number of fused-ring (bicyclic) bond motifs is 1. The first-order chi connectivity index (χ1) is 18.6. The molecule has 0 spiro atoms. The number of benzene rings is 2. The van der Waals surface area contributed by atoms with Gasteiger partial charge in [0, 0.05) is 28.9 Å². The topological polar surface area (TPSA) is 86.3 Å². The molecule has 0 saturated carbocycles. The van der Waals surface area contributed by atoms with E-state index in [1.54, 1.807) is 12.0 Å². The smallest absolute Gasteiger partial charge is 0.416 e. The highest BCUT2D eigenvalue weighted by atomic mass is 32.1. The molecule has 2 aromatic carbocycles. The number of halogens is 3. The fourth-order valence-corrected chi connectivity index (χ4v) is 6.02. The van der Waals surface area contributed by atoms with E-state index in [0.717, 1.165) is 41.1 Å². The third-order valence-corrected chi connectivity index (χ3v) is 8.37. The standard InChI is InChI=1S/C28H30F3N5O2S/c1-16(2)25-23(18-7-4-8-20(12-18)38-3)33-27(39-25)36-22-10-9-19(28(29,30)31)13-21(22)24(34-36)26(37)35-11-5-6-17(14-32)15-35/h4,7-10,12-13,16-17H,5-6,11,14-15,32H2,1-3H3. The lowest BCUT2D eigenvalue weighted by Gasteiger charge is -2.31. The van der Waals surface area contributed by atoms with E-state index in [2.05, 4.69) is 18.9 Å². The number of methoxy groups -OCH3 is 1. The van der Waals surface area contributed by atoms with Crippen LogP contribution in [0, 0.1) is 5.92 Å². The number of amides is 1. The van der Waals surface area contributed by atoms with Crippen LogP contribution >= 0.6 is 11.3 Å². The molecule has 7 nitrogen and oxygen atoms in total. The minimum absolute atomic E-state index is 0.0157. The van der Waals surface area contributed by atoms with Gasteiger partial charge in [0.2, 0.25) is 5.13 Å². The molecule has 1 atom stereocenters. The van der Waals surface area contributed by atoms with Crippen molar-refractivity contribution in [1.29, 1.82) is 0 Å². The first kappa shape index (κ1) is 27.1. The molecule has 1 fully saturated rings. The lowest BCUT2D eigenvalue weighted by molar-refractivity contribution is -0.137. The molecule has 206 valence electrons. The van der Waals surface area contributed by atoms with Crippen LogP contribution in [0.25, 0.3) is 27.3 Å². The van der Waals surface area contributed by atoms with E-state index in [0.29, 0.717) is 36.0 Å². The minimum Gasteiger partial charge on any atom is -0.497 e. The van der Waals surface area contributed by atoms with Crippen LogP contribution < -0.4 is 10.5 Å². The summed E-state index contributed by atoms with van der Waals surface area (Å²) >= 11 is 1.40. The van der Waals surface area contributed by atoms with Crippen LogP contribution in [0.5, 0.6) is 5.75 Å². The molecule has 1 amide bonds. The highest BCUT2D eigenvalue weighted by Crippen LogP contribution is 2.39. The summed E-state index contributed by atoms with van der Waals surface area (Å²) in [4.78, 5) is 21.2. The van der Waals surface area contributed by atoms with Crippen LogP contribution in [0.4, 0.5) is 13.2 Å². The van der Waals surface area contributed by atoms with Crippen molar-refractivity contribution in [3.8, 4) is 22.1 Å². The Labute approximate surface area is 228 Å². The number of piperidine rings is 1. The van der Waals surface area contributed by atoms with Gasteiger partial charge in [0.15, 0.2) is 5.69 Å². The van der Waals surface area contributed by atoms with Crippen molar-refractivity contribution in [2.45, 2.75) is 38.8 Å². The largest absolute Gasteiger partial charge is 0.497 e. The fraction of sp³-hybridized carbons (Fsp3) is 0.393. The number of rotatable bonds is 6. The first-order valence-electron chi connectivity index (χ1n) is 12.9. The van der Waals surface area contributed by atoms with E-state index in [9.17, 15) is 18.0 Å². The van der Waals surface area contributed by atoms with Crippen LogP contribution in [0.3, 0.4) is 0 Å². The monoisotopic (exact) mass is 557 g/mol. The molecule has 1 aliphatic rings. The summed E-state index contributed by atoms with van der Waals surface area (Å²) in [6.07, 6.45) is -2.86. The molecule has 11 heteroatoms. The number of hydrogen-bond acceptors (Lipinski definition) is 6. The highest BCUT2D eigenvalue weighted by Gasteiger charge is 2.33. The lowest BCUT2D eigenvalue weighted by atomic mass is 9.98. The predicted molar refractivity (Wildman–Crippen MR) is 146 cm³/mol. The average Bonchev–Trinajstić information content (AvgIpc) is 3.54. The van der Waals surface area contributed by atoms with Crippen molar-refractivity contribution in [2.75, 3.05) is 26.7 Å². The molecule has 5 rings (SSSR count). The molecule has 2 aromatic heterocycles. The Hall–Kier alpha value is -3.44. The molecule has 0 aliphatic carbocycles. The molecule has 1 saturated heterocycles. The zero-order chi connectivity index (χ0) is 27.9. The Kier molecular flexibility index (Phi) is 7.39. The normalized spacial score (nSPS) is 16.3. The van der Waals surface area contributed by atoms with E-state index in [1.807, 2.05) is 24.3 Å². The number of carbonyl (C=O) groups excluding carboxylic acids is 1. The maximum Gasteiger partial charge on any atom is 0.416 e. The number of hydrogen-bond donors (Lipinski definition) is 1. The Morgan fingerprint density at radius 1 is 1.23 bits per heavy atom. The second-order valence-corrected chi connectivity index (χ2v) is 11.1. The Bertz CT molecular complexity index is 1510. The van der Waals surface area contributed by atoms with Gasteiger partial charge >= 0.3 is 6.18 Å². The first-order valence-corrected chi connectivity index (χ1v) is 13.7. The van der Waals surface area contributed by atoms with Gasteiger partial charge in [-0.25, -0.2) is 9.67 Å². The molecule has 3 heterocycles. The third-order valence-electron chi connectivity index (χ3n) is 7.04. The summed E-state index contributed by atoms with van der Waals surface area (Å²) in [5.41, 5.74) is 6.99. The van der Waals surface area contributed by atoms with Gasteiger partial charge in [-0.1, -0.05) is 37.3 Å². The Balaban J connectivity index is 1.67. The summed E-state index contributed by atoms with van der Waals surface area (Å²) in [5.74, 6) is 0.564. The van der Waals surface area contributed by atoms with Gasteiger partial charge in [0.25, 0.3) is 5.91 Å². The maximum atomic E-state index is 13.7. The van der Waals surface area contributed by atoms with Crippen LogP contribution in [0.2, 0.25) is 0 Å². The lowest BCUT2D eigenvalue weighted by Crippen LogP contribution is -2.42. The fourth-order valence-electron chi connectivity index (χ4n) is 4.97. The van der Waals surface area contributed by atoms with E-state index < -0.39 is 17.6 Å². The number of alkyl halides is 3. The van der Waals surface area contributed by atoms with Gasteiger partial charge in [0.05, 0.1) is 23.9 Å². The number of thiazole rings is 1. The van der Waals surface area contributed by atoms with Crippen molar-refractivity contribution < 1.29 is 22.7 Å². The summed E-state index contributed by atoms with van der Waals surface area (Å²) < 4.78 is 47.9. The highest BCUT2D eigenvalue weighted by molar-refractivity contribution is 7.14. The van der Waals surface area contributed by atoms with E-state index in [-0.39, 0.29) is 22.9 Å². The average molecular weight is 558 g/mol. The molecule has 1 aliphatic heterocycles. The molecule has 0 bridgehead atoms. The van der Waals surface area contributed by atoms with E-state index in [1.165, 1.54) is 22.1 Å². The molecule has 39 heavy (non-hydrogen) atoms. The van der Waals surface area contributed by atoms with Gasteiger partial charge in [-0.2, -0.15) is 18.3 Å². The number of ether oxygens (including phenoxy) is 1. The van der Waals surface area contributed by atoms with Crippen molar-refractivity contribution >= 4 is 28.1 Å². The van der Waals surface area contributed by atoms with Crippen LogP contribution in [-0.2, 0) is 6.18 Å². The molecule has 1 unspecified atom stereocenters. The van der Waals surface area contributed by atoms with E-state index in [4.69, 9.17) is 15.5 Å². The second-order valence-electron chi connectivity index (χ2n) is 10.1. The molecule has 0 radical (unpaired) electrons. The summed E-state index contributed by atoms with van der Waals surface area (Å²) in [7, 11) is 1.59. The van der Waals surface area contributed by atoms with Crippen molar-refractivity contribution in [3.05, 3.63) is 58.6 Å². The number of carbonyl (C=O) groups is 1. The van der Waals surface area contributed by atoms with Crippen LogP contribution in [0.15, 0.2) is 42.5 Å². The number of likely N-dealkylation sites (tertiary alicyclic amines) is 1. The number of aromatic nitrogens is 3. The number of nitrogens with two attached hydrogens (primary N) is 1. The van der Waals surface area contributed by atoms with Gasteiger partial charge in [0.1, 0.15) is 5.75 Å². The summed E-state index contributed by atoms with van der Waals surface area (Å²) in [5, 5.41) is 5.22. The zero-order valence-corrected chi connectivity index (χ0v) is 22.8. The summed E-state index contributed by atoms with van der Waals surface area (Å²) in [6.45, 7) is 5.52. The maximum absolute atomic E-state index is 13.7. The van der Waals surface area contributed by atoms with Crippen molar-refractivity contribution in [1.82, 2.24) is 19.7 Å². The van der Waals surface area contributed by atoms with E-state index >= 15 is 0 Å². The van der Waals surface area contributed by atoms with Gasteiger partial charge < -0.3 is 15.4 Å². The van der Waals surface area contributed by atoms with Gasteiger partial charge in [-0.15, -0.1) is 0 Å². The molecule has 4 aromatic rings.